The molecular formula is C21H23N3O7. The topological polar surface area (TPSA) is 118 Å². The first-order chi connectivity index (χ1) is 14.9. The van der Waals surface area contributed by atoms with E-state index in [-0.39, 0.29) is 40.9 Å². The first-order valence-corrected chi connectivity index (χ1v) is 9.58. The Hall–Kier alpha value is -3.66. The Kier molecular flexibility index (Phi) is 7.03. The van der Waals surface area contributed by atoms with Crippen LogP contribution in [0.4, 0.5) is 5.69 Å². The van der Waals surface area contributed by atoms with Crippen molar-refractivity contribution in [1.29, 1.82) is 0 Å². The van der Waals surface area contributed by atoms with Crippen molar-refractivity contribution in [3.8, 4) is 0 Å². The van der Waals surface area contributed by atoms with E-state index >= 15 is 0 Å². The number of nitrogens with one attached hydrogen (secondary N) is 1. The minimum absolute atomic E-state index is 0.0614. The third-order valence-corrected chi connectivity index (χ3v) is 4.88. The van der Waals surface area contributed by atoms with Crippen molar-refractivity contribution in [3.63, 3.8) is 0 Å². The van der Waals surface area contributed by atoms with Gasteiger partial charge in [0.05, 0.1) is 43.8 Å². The highest BCUT2D eigenvalue weighted by molar-refractivity contribution is 6.03. The molecule has 1 fully saturated rings. The number of methoxy groups -OCH3 is 2. The molecule has 0 spiro atoms. The number of rotatable bonds is 6. The normalized spacial score (nSPS) is 14.1. The molecule has 1 N–H and O–H groups in total. The molecule has 164 valence electrons. The molecule has 0 aliphatic carbocycles. The number of hydrogen-bond acceptors (Lipinski definition) is 8. The van der Waals surface area contributed by atoms with Gasteiger partial charge in [-0.2, -0.15) is 0 Å². The molecule has 3 rings (SSSR count). The van der Waals surface area contributed by atoms with E-state index < -0.39 is 11.9 Å². The summed E-state index contributed by atoms with van der Waals surface area (Å²) in [5.74, 6) is -1.50. The molecule has 0 bridgehead atoms. The Bertz CT molecular complexity index is 963. The number of benzene rings is 1. The van der Waals surface area contributed by atoms with Crippen LogP contribution in [0.15, 0.2) is 41.0 Å². The fraction of sp³-hybridized carbons (Fsp3) is 0.333. The highest BCUT2D eigenvalue weighted by Crippen LogP contribution is 2.20. The van der Waals surface area contributed by atoms with Crippen molar-refractivity contribution >= 4 is 29.4 Å². The van der Waals surface area contributed by atoms with Gasteiger partial charge in [-0.05, 0) is 30.3 Å². The third-order valence-electron chi connectivity index (χ3n) is 4.88. The lowest BCUT2D eigenvalue weighted by atomic mass is 10.1. The first kappa shape index (κ1) is 22.0. The van der Waals surface area contributed by atoms with Crippen LogP contribution in [-0.2, 0) is 14.3 Å². The second kappa shape index (κ2) is 9.90. The van der Waals surface area contributed by atoms with Crippen LogP contribution in [0, 0.1) is 0 Å². The maximum Gasteiger partial charge on any atom is 0.339 e. The lowest BCUT2D eigenvalue weighted by molar-refractivity contribution is -0.117. The van der Waals surface area contributed by atoms with Crippen molar-refractivity contribution in [2.45, 2.75) is 0 Å². The van der Waals surface area contributed by atoms with Gasteiger partial charge in [0.15, 0.2) is 5.76 Å². The summed E-state index contributed by atoms with van der Waals surface area (Å²) in [4.78, 5) is 52.3. The first-order valence-electron chi connectivity index (χ1n) is 9.58. The smallest absolute Gasteiger partial charge is 0.339 e. The van der Waals surface area contributed by atoms with Crippen LogP contribution in [0.3, 0.4) is 0 Å². The maximum absolute atomic E-state index is 12.6. The fourth-order valence-electron chi connectivity index (χ4n) is 3.24. The van der Waals surface area contributed by atoms with Crippen molar-refractivity contribution in [2.75, 3.05) is 52.3 Å². The summed E-state index contributed by atoms with van der Waals surface area (Å²) in [6.45, 7) is 1.99. The molecule has 10 nitrogen and oxygen atoms in total. The standard InChI is InChI=1S/C21H23N3O7/c1-29-20(27)14-5-6-15(21(28)30-2)16(12-14)22-18(25)13-23-7-9-24(10-8-23)19(26)17-4-3-11-31-17/h3-6,11-12H,7-10,13H2,1-2H3,(H,22,25). The zero-order chi connectivity index (χ0) is 22.4. The number of esters is 2. The molecule has 1 aromatic heterocycles. The number of ether oxygens (including phenoxy) is 2. The zero-order valence-electron chi connectivity index (χ0n) is 17.3. The van der Waals surface area contributed by atoms with E-state index in [9.17, 15) is 19.2 Å². The average Bonchev–Trinajstić information content (AvgIpc) is 3.33. The summed E-state index contributed by atoms with van der Waals surface area (Å²) in [5, 5.41) is 2.66. The summed E-state index contributed by atoms with van der Waals surface area (Å²) in [6, 6.07) is 7.46. The van der Waals surface area contributed by atoms with Gasteiger partial charge in [-0.3, -0.25) is 14.5 Å². The summed E-state index contributed by atoms with van der Waals surface area (Å²) in [7, 11) is 2.47. The Labute approximate surface area is 178 Å². The van der Waals surface area contributed by atoms with Crippen LogP contribution in [0.25, 0.3) is 0 Å². The third kappa shape index (κ3) is 5.28. The predicted octanol–water partition coefficient (Wildman–Crippen LogP) is 1.25. The van der Waals surface area contributed by atoms with Gasteiger partial charge >= 0.3 is 11.9 Å². The van der Waals surface area contributed by atoms with E-state index in [4.69, 9.17) is 9.15 Å². The van der Waals surface area contributed by atoms with Crippen LogP contribution < -0.4 is 5.32 Å². The van der Waals surface area contributed by atoms with Crippen LogP contribution in [0.1, 0.15) is 31.3 Å². The lowest BCUT2D eigenvalue weighted by Crippen LogP contribution is -2.50. The van der Waals surface area contributed by atoms with Gasteiger partial charge in [-0.1, -0.05) is 0 Å². The van der Waals surface area contributed by atoms with Gasteiger partial charge in [0, 0.05) is 26.2 Å². The monoisotopic (exact) mass is 429 g/mol. The molecule has 1 aromatic carbocycles. The molecule has 31 heavy (non-hydrogen) atoms. The van der Waals surface area contributed by atoms with E-state index in [0.717, 1.165) is 0 Å². The Morgan fingerprint density at radius 3 is 2.32 bits per heavy atom. The number of hydrogen-bond donors (Lipinski definition) is 1. The lowest BCUT2D eigenvalue weighted by Gasteiger charge is -2.33. The number of nitrogens with zero attached hydrogens (tertiary/aromatic N) is 2. The van der Waals surface area contributed by atoms with Gasteiger partial charge in [0.1, 0.15) is 0 Å². The second-order valence-electron chi connectivity index (χ2n) is 6.84. The van der Waals surface area contributed by atoms with Crippen molar-refractivity contribution in [1.82, 2.24) is 9.80 Å². The zero-order valence-corrected chi connectivity index (χ0v) is 17.3. The quantitative estimate of drug-likeness (QED) is 0.682. The number of carbonyl (C=O) groups excluding carboxylic acids is 4. The van der Waals surface area contributed by atoms with E-state index in [1.54, 1.807) is 17.0 Å². The van der Waals surface area contributed by atoms with E-state index in [1.165, 1.54) is 38.7 Å². The summed E-state index contributed by atoms with van der Waals surface area (Å²) in [6.07, 6.45) is 1.45. The number of furan rings is 1. The molecular weight excluding hydrogens is 406 g/mol. The van der Waals surface area contributed by atoms with Gasteiger partial charge in [0.2, 0.25) is 5.91 Å². The highest BCUT2D eigenvalue weighted by Gasteiger charge is 2.25. The van der Waals surface area contributed by atoms with E-state index in [1.807, 2.05) is 4.90 Å². The Balaban J connectivity index is 1.61. The molecule has 0 radical (unpaired) electrons. The number of anilines is 1. The van der Waals surface area contributed by atoms with Crippen LogP contribution in [-0.4, -0.2) is 80.5 Å². The maximum atomic E-state index is 12.6. The molecule has 2 heterocycles. The molecule has 2 aromatic rings. The fourth-order valence-corrected chi connectivity index (χ4v) is 3.24. The highest BCUT2D eigenvalue weighted by atomic mass is 16.5. The predicted molar refractivity (Wildman–Crippen MR) is 109 cm³/mol. The van der Waals surface area contributed by atoms with Gasteiger partial charge < -0.3 is 24.1 Å². The van der Waals surface area contributed by atoms with Gasteiger partial charge in [-0.25, -0.2) is 9.59 Å². The minimum Gasteiger partial charge on any atom is -0.465 e. The second-order valence-corrected chi connectivity index (χ2v) is 6.84. The molecule has 10 heteroatoms. The van der Waals surface area contributed by atoms with Crippen molar-refractivity contribution < 1.29 is 33.1 Å². The van der Waals surface area contributed by atoms with E-state index in [0.29, 0.717) is 26.2 Å². The van der Waals surface area contributed by atoms with Gasteiger partial charge in [-0.15, -0.1) is 0 Å². The van der Waals surface area contributed by atoms with E-state index in [2.05, 4.69) is 10.1 Å². The molecule has 2 amide bonds. The van der Waals surface area contributed by atoms with Crippen LogP contribution >= 0.6 is 0 Å². The molecule has 0 saturated carbocycles. The average molecular weight is 429 g/mol. The Morgan fingerprint density at radius 2 is 1.71 bits per heavy atom. The van der Waals surface area contributed by atoms with Crippen molar-refractivity contribution in [3.05, 3.63) is 53.5 Å². The van der Waals surface area contributed by atoms with Crippen LogP contribution in [0.5, 0.6) is 0 Å². The van der Waals surface area contributed by atoms with Gasteiger partial charge in [0.25, 0.3) is 5.91 Å². The SMILES string of the molecule is COC(=O)c1ccc(C(=O)OC)c(NC(=O)CN2CCN(C(=O)c3ccco3)CC2)c1. The summed E-state index contributed by atoms with van der Waals surface area (Å²) in [5.41, 5.74) is 0.472. The molecule has 0 atom stereocenters. The largest absolute Gasteiger partial charge is 0.465 e. The number of carbonyl (C=O) groups is 4. The molecule has 0 unspecified atom stereocenters. The number of amides is 2. The Morgan fingerprint density at radius 1 is 1.00 bits per heavy atom. The van der Waals surface area contributed by atoms with Crippen molar-refractivity contribution in [2.24, 2.45) is 0 Å². The minimum atomic E-state index is -0.642. The molecule has 1 aliphatic rings. The van der Waals surface area contributed by atoms with Crippen LogP contribution in [0.2, 0.25) is 0 Å². The number of piperazine rings is 1. The molecule has 1 aliphatic heterocycles. The molecule has 1 saturated heterocycles. The summed E-state index contributed by atoms with van der Waals surface area (Å²) < 4.78 is 14.6. The summed E-state index contributed by atoms with van der Waals surface area (Å²) >= 11 is 0.